The Kier molecular flexibility index (Phi) is 3.00. The Labute approximate surface area is 147 Å². The van der Waals surface area contributed by atoms with Crippen LogP contribution in [0.2, 0.25) is 0 Å². The van der Waals surface area contributed by atoms with Gasteiger partial charge in [-0.25, -0.2) is 4.79 Å². The van der Waals surface area contributed by atoms with Gasteiger partial charge in [0.2, 0.25) is 0 Å². The van der Waals surface area contributed by atoms with Crippen LogP contribution in [0.25, 0.3) is 0 Å². The molecule has 3 aliphatic heterocycles. The molecule has 132 valence electrons. The molecule has 0 amide bonds. The van der Waals surface area contributed by atoms with Crippen molar-refractivity contribution in [1.29, 1.82) is 0 Å². The average molecular weight is 340 g/mol. The van der Waals surface area contributed by atoms with Crippen LogP contribution in [0.5, 0.6) is 0 Å². The zero-order chi connectivity index (χ0) is 17.4. The molecule has 1 aromatic rings. The van der Waals surface area contributed by atoms with Crippen molar-refractivity contribution >= 4 is 11.7 Å². The lowest BCUT2D eigenvalue weighted by Gasteiger charge is -2.53. The number of ether oxygens (including phenoxy) is 1. The first-order valence-corrected chi connectivity index (χ1v) is 9.21. The highest BCUT2D eigenvalue weighted by Crippen LogP contribution is 2.62. The minimum absolute atomic E-state index is 0.161. The Morgan fingerprint density at radius 3 is 3.00 bits per heavy atom. The van der Waals surface area contributed by atoms with E-state index in [1.807, 2.05) is 13.0 Å². The lowest BCUT2D eigenvalue weighted by atomic mass is 9.59. The molecular weight excluding hydrogens is 316 g/mol. The summed E-state index contributed by atoms with van der Waals surface area (Å²) in [5.74, 6) is -0.473. The maximum absolute atomic E-state index is 12.8. The molecule has 4 atom stereocenters. The molecule has 0 aromatic heterocycles. The molecule has 2 bridgehead atoms. The fourth-order valence-electron chi connectivity index (χ4n) is 5.95. The van der Waals surface area contributed by atoms with Gasteiger partial charge in [0.1, 0.15) is 0 Å². The summed E-state index contributed by atoms with van der Waals surface area (Å²) in [7, 11) is 1.44. The lowest BCUT2D eigenvalue weighted by Crippen LogP contribution is -2.62. The first-order valence-electron chi connectivity index (χ1n) is 9.21. The van der Waals surface area contributed by atoms with Crippen LogP contribution in [0.1, 0.15) is 31.7 Å². The van der Waals surface area contributed by atoms with Crippen LogP contribution in [-0.2, 0) is 14.9 Å². The summed E-state index contributed by atoms with van der Waals surface area (Å²) in [6, 6.07) is 8.72. The predicted octanol–water partition coefficient (Wildman–Crippen LogP) is 2.03. The Bertz CT molecular complexity index is 804. The van der Waals surface area contributed by atoms with E-state index in [0.29, 0.717) is 24.6 Å². The van der Waals surface area contributed by atoms with Crippen LogP contribution in [0.15, 0.2) is 35.5 Å². The van der Waals surface area contributed by atoms with Crippen molar-refractivity contribution < 1.29 is 14.6 Å². The monoisotopic (exact) mass is 340 g/mol. The summed E-state index contributed by atoms with van der Waals surface area (Å²) in [5.41, 5.74) is 3.00. The Morgan fingerprint density at radius 1 is 1.44 bits per heavy atom. The first-order chi connectivity index (χ1) is 12.0. The van der Waals surface area contributed by atoms with Crippen molar-refractivity contribution in [2.24, 2.45) is 5.92 Å². The van der Waals surface area contributed by atoms with Gasteiger partial charge in [-0.15, -0.1) is 0 Å². The van der Waals surface area contributed by atoms with E-state index in [1.165, 1.54) is 12.7 Å². The molecule has 2 saturated heterocycles. The maximum Gasteiger partial charge on any atom is 0.335 e. The van der Waals surface area contributed by atoms with Gasteiger partial charge in [-0.1, -0.05) is 25.1 Å². The number of hydrogen-bond donors (Lipinski definition) is 2. The van der Waals surface area contributed by atoms with Gasteiger partial charge >= 0.3 is 5.97 Å². The number of benzene rings is 1. The number of hydrogen-bond acceptors (Lipinski definition) is 5. The van der Waals surface area contributed by atoms with E-state index < -0.39 is 5.60 Å². The highest BCUT2D eigenvalue weighted by Gasteiger charge is 2.65. The van der Waals surface area contributed by atoms with Crippen molar-refractivity contribution in [2.45, 2.75) is 43.2 Å². The lowest BCUT2D eigenvalue weighted by molar-refractivity contribution is -0.142. The van der Waals surface area contributed by atoms with Gasteiger partial charge in [-0.05, 0) is 37.4 Å². The number of nitrogens with zero attached hydrogens (tertiary/aromatic N) is 1. The third-order valence-electron chi connectivity index (χ3n) is 7.14. The normalized spacial score (nSPS) is 38.2. The molecule has 2 fully saturated rings. The smallest absolute Gasteiger partial charge is 0.335 e. The van der Waals surface area contributed by atoms with Gasteiger partial charge < -0.3 is 15.2 Å². The molecule has 1 spiro atoms. The molecule has 1 aromatic carbocycles. The highest BCUT2D eigenvalue weighted by molar-refractivity contribution is 5.93. The number of rotatable bonds is 2. The Hall–Kier alpha value is -1.85. The molecule has 1 aliphatic carbocycles. The standard InChI is InChI=1S/C20H24N2O3/c1-3-19(24)11-22-9-8-20-12-6-4-5-7-14(12)21-17(20)16(18(23)25-2)13(19)10-15(20)22/h4-7,13,15,21,24H,3,8-11H2,1-2H3/t13-,15+,19+,20?/m1/s1. The molecule has 5 rings (SSSR count). The van der Waals surface area contributed by atoms with Crippen molar-refractivity contribution in [3.63, 3.8) is 0 Å². The van der Waals surface area contributed by atoms with Crippen LogP contribution in [0, 0.1) is 5.92 Å². The van der Waals surface area contributed by atoms with Crippen LogP contribution < -0.4 is 5.32 Å². The van der Waals surface area contributed by atoms with Crippen molar-refractivity contribution in [2.75, 3.05) is 25.5 Å². The molecule has 25 heavy (non-hydrogen) atoms. The van der Waals surface area contributed by atoms with E-state index in [-0.39, 0.29) is 17.3 Å². The summed E-state index contributed by atoms with van der Waals surface area (Å²) in [6.45, 7) is 3.60. The van der Waals surface area contributed by atoms with E-state index >= 15 is 0 Å². The number of nitrogens with one attached hydrogen (secondary N) is 1. The first kappa shape index (κ1) is 15.4. The third-order valence-corrected chi connectivity index (χ3v) is 7.14. The number of carbonyl (C=O) groups excluding carboxylic acids is 1. The van der Waals surface area contributed by atoms with E-state index in [1.54, 1.807) is 0 Å². The minimum atomic E-state index is -0.875. The number of piperidine rings is 1. The third kappa shape index (κ3) is 1.68. The number of fused-ring (bicyclic) bond motifs is 2. The summed E-state index contributed by atoms with van der Waals surface area (Å²) in [4.78, 5) is 15.2. The fourth-order valence-corrected chi connectivity index (χ4v) is 5.95. The Morgan fingerprint density at radius 2 is 2.24 bits per heavy atom. The van der Waals surface area contributed by atoms with Gasteiger partial charge in [0.15, 0.2) is 0 Å². The summed E-state index contributed by atoms with van der Waals surface area (Å²) < 4.78 is 5.17. The molecular formula is C20H24N2O3. The topological polar surface area (TPSA) is 61.8 Å². The van der Waals surface area contributed by atoms with Gasteiger partial charge in [-0.2, -0.15) is 0 Å². The molecule has 5 nitrogen and oxygen atoms in total. The van der Waals surface area contributed by atoms with Gasteiger partial charge in [-0.3, -0.25) is 4.90 Å². The van der Waals surface area contributed by atoms with Crippen LogP contribution in [0.3, 0.4) is 0 Å². The number of esters is 1. The number of para-hydroxylation sites is 1. The molecule has 3 heterocycles. The van der Waals surface area contributed by atoms with E-state index in [4.69, 9.17) is 4.74 Å². The van der Waals surface area contributed by atoms with Crippen molar-refractivity contribution in [3.05, 3.63) is 41.1 Å². The Balaban J connectivity index is 1.81. The average Bonchev–Trinajstić information content (AvgIpc) is 3.18. The molecule has 4 aliphatic rings. The number of methoxy groups -OCH3 is 1. The summed E-state index contributed by atoms with van der Waals surface area (Å²) in [6.07, 6.45) is 2.42. The molecule has 1 unspecified atom stereocenters. The van der Waals surface area contributed by atoms with E-state index in [0.717, 1.165) is 30.8 Å². The highest BCUT2D eigenvalue weighted by atomic mass is 16.5. The molecule has 0 radical (unpaired) electrons. The second-order valence-corrected chi connectivity index (χ2v) is 7.90. The van der Waals surface area contributed by atoms with Gasteiger partial charge in [0, 0.05) is 29.9 Å². The second-order valence-electron chi connectivity index (χ2n) is 7.90. The largest absolute Gasteiger partial charge is 0.466 e. The molecule has 5 heteroatoms. The van der Waals surface area contributed by atoms with Crippen LogP contribution >= 0.6 is 0 Å². The zero-order valence-electron chi connectivity index (χ0n) is 14.7. The SMILES string of the molecule is CC[C@]1(O)CN2CCC34C(=C(C(=O)OC)[C@H]1C[C@H]23)Nc1ccccc14. The number of anilines is 1. The van der Waals surface area contributed by atoms with Crippen molar-refractivity contribution in [3.8, 4) is 0 Å². The predicted molar refractivity (Wildman–Crippen MR) is 94.1 cm³/mol. The van der Waals surface area contributed by atoms with Crippen LogP contribution in [0.4, 0.5) is 5.69 Å². The van der Waals surface area contributed by atoms with E-state index in [9.17, 15) is 9.90 Å². The zero-order valence-corrected chi connectivity index (χ0v) is 14.7. The number of aliphatic hydroxyl groups is 1. The fraction of sp³-hybridized carbons (Fsp3) is 0.550. The maximum atomic E-state index is 12.8. The quantitative estimate of drug-likeness (QED) is 0.807. The van der Waals surface area contributed by atoms with Gasteiger partial charge in [0.25, 0.3) is 0 Å². The molecule has 2 N–H and O–H groups in total. The summed E-state index contributed by atoms with van der Waals surface area (Å²) >= 11 is 0. The summed E-state index contributed by atoms with van der Waals surface area (Å²) in [5, 5.41) is 14.9. The minimum Gasteiger partial charge on any atom is -0.466 e. The van der Waals surface area contributed by atoms with Crippen LogP contribution in [-0.4, -0.2) is 47.8 Å². The second kappa shape index (κ2) is 4.86. The molecule has 0 saturated carbocycles. The number of carbonyl (C=O) groups is 1. The van der Waals surface area contributed by atoms with Gasteiger partial charge in [0.05, 0.1) is 23.7 Å². The van der Waals surface area contributed by atoms with Crippen molar-refractivity contribution in [1.82, 2.24) is 4.90 Å². The van der Waals surface area contributed by atoms with E-state index in [2.05, 4.69) is 28.4 Å².